The van der Waals surface area contributed by atoms with Crippen LogP contribution >= 0.6 is 23.2 Å². The van der Waals surface area contributed by atoms with Crippen molar-refractivity contribution in [3.63, 3.8) is 0 Å². The van der Waals surface area contributed by atoms with Gasteiger partial charge in [0.25, 0.3) is 10.0 Å². The first-order chi connectivity index (χ1) is 10.7. The van der Waals surface area contributed by atoms with Crippen molar-refractivity contribution in [1.82, 2.24) is 0 Å². The molecule has 0 atom stereocenters. The topological polar surface area (TPSA) is 72.5 Å². The van der Waals surface area contributed by atoms with Gasteiger partial charge in [0, 0.05) is 5.02 Å². The standard InChI is InChI=1S/C14H10Cl2FNO4S/c1-22-14(19)8-2-4-10(16)13(6-8)23(20,21)18-12-5-3-9(15)7-11(12)17/h2-7,18H,1H3. The lowest BCUT2D eigenvalue weighted by atomic mass is 10.2. The highest BCUT2D eigenvalue weighted by molar-refractivity contribution is 7.92. The summed E-state index contributed by atoms with van der Waals surface area (Å²) in [6, 6.07) is 7.06. The molecule has 0 spiro atoms. The van der Waals surface area contributed by atoms with E-state index in [1.165, 1.54) is 24.3 Å². The number of anilines is 1. The Morgan fingerprint density at radius 3 is 2.48 bits per heavy atom. The van der Waals surface area contributed by atoms with Gasteiger partial charge in [-0.1, -0.05) is 23.2 Å². The minimum atomic E-state index is -4.22. The normalized spacial score (nSPS) is 11.1. The number of ether oxygens (including phenoxy) is 1. The molecule has 0 aliphatic rings. The SMILES string of the molecule is COC(=O)c1ccc(Cl)c(S(=O)(=O)Nc2ccc(Cl)cc2F)c1. The number of carbonyl (C=O) groups excluding carboxylic acids is 1. The Morgan fingerprint density at radius 2 is 1.87 bits per heavy atom. The van der Waals surface area contributed by atoms with Gasteiger partial charge in [0.15, 0.2) is 0 Å². The van der Waals surface area contributed by atoms with Crippen molar-refractivity contribution in [3.05, 3.63) is 57.8 Å². The maximum absolute atomic E-state index is 13.7. The number of carbonyl (C=O) groups is 1. The van der Waals surface area contributed by atoms with E-state index in [4.69, 9.17) is 23.2 Å². The molecule has 0 amide bonds. The molecule has 2 aromatic rings. The number of sulfonamides is 1. The fourth-order valence-electron chi connectivity index (χ4n) is 1.73. The largest absolute Gasteiger partial charge is 0.465 e. The number of methoxy groups -OCH3 is 1. The Kier molecular flexibility index (Phi) is 5.13. The van der Waals surface area contributed by atoms with Crippen molar-refractivity contribution in [2.45, 2.75) is 4.90 Å². The predicted molar refractivity (Wildman–Crippen MR) is 85.0 cm³/mol. The number of hydrogen-bond donors (Lipinski definition) is 1. The number of nitrogens with one attached hydrogen (secondary N) is 1. The van der Waals surface area contributed by atoms with E-state index >= 15 is 0 Å². The molecule has 23 heavy (non-hydrogen) atoms. The summed E-state index contributed by atoms with van der Waals surface area (Å²) in [4.78, 5) is 11.1. The zero-order valence-corrected chi connectivity index (χ0v) is 14.0. The van der Waals surface area contributed by atoms with Crippen LogP contribution in [0.15, 0.2) is 41.3 Å². The molecule has 0 saturated heterocycles. The molecule has 5 nitrogen and oxygen atoms in total. The molecule has 0 fully saturated rings. The van der Waals surface area contributed by atoms with E-state index in [9.17, 15) is 17.6 Å². The van der Waals surface area contributed by atoms with Crippen molar-refractivity contribution in [2.75, 3.05) is 11.8 Å². The van der Waals surface area contributed by atoms with Crippen molar-refractivity contribution in [2.24, 2.45) is 0 Å². The molecule has 2 rings (SSSR count). The number of rotatable bonds is 4. The molecule has 0 aromatic heterocycles. The molecule has 1 N–H and O–H groups in total. The van der Waals surface area contributed by atoms with Gasteiger partial charge in [-0.3, -0.25) is 4.72 Å². The molecule has 0 aliphatic heterocycles. The summed E-state index contributed by atoms with van der Waals surface area (Å²) in [5.74, 6) is -1.57. The van der Waals surface area contributed by atoms with Gasteiger partial charge in [-0.15, -0.1) is 0 Å². The van der Waals surface area contributed by atoms with Gasteiger partial charge in [-0.25, -0.2) is 17.6 Å². The Bertz CT molecular complexity index is 871. The van der Waals surface area contributed by atoms with Crippen LogP contribution in [0.3, 0.4) is 0 Å². The first-order valence-corrected chi connectivity index (χ1v) is 8.34. The third-order valence-corrected chi connectivity index (χ3v) is 4.90. The molecular formula is C14H10Cl2FNO4S. The van der Waals surface area contributed by atoms with Gasteiger partial charge in [-0.2, -0.15) is 0 Å². The van der Waals surface area contributed by atoms with Crippen LogP contribution in [-0.2, 0) is 14.8 Å². The Balaban J connectivity index is 2.45. The number of hydrogen-bond acceptors (Lipinski definition) is 4. The third-order valence-electron chi connectivity index (χ3n) is 2.82. The number of benzene rings is 2. The van der Waals surface area contributed by atoms with Crippen LogP contribution in [-0.4, -0.2) is 21.5 Å². The fourth-order valence-corrected chi connectivity index (χ4v) is 3.48. The summed E-state index contributed by atoms with van der Waals surface area (Å²) in [6.45, 7) is 0. The van der Waals surface area contributed by atoms with E-state index in [1.54, 1.807) is 0 Å². The lowest BCUT2D eigenvalue weighted by Gasteiger charge is -2.11. The van der Waals surface area contributed by atoms with E-state index in [0.29, 0.717) is 0 Å². The predicted octanol–water partition coefficient (Wildman–Crippen LogP) is 3.72. The Morgan fingerprint density at radius 1 is 1.17 bits per heavy atom. The summed E-state index contributed by atoms with van der Waals surface area (Å²) >= 11 is 11.5. The van der Waals surface area contributed by atoms with Crippen molar-refractivity contribution >= 4 is 44.9 Å². The van der Waals surface area contributed by atoms with Crippen LogP contribution in [0.4, 0.5) is 10.1 Å². The molecule has 0 radical (unpaired) electrons. The van der Waals surface area contributed by atoms with E-state index < -0.39 is 21.8 Å². The Hall–Kier alpha value is -1.83. The second kappa shape index (κ2) is 6.74. The quantitative estimate of drug-likeness (QED) is 0.824. The molecule has 0 unspecified atom stereocenters. The maximum Gasteiger partial charge on any atom is 0.337 e. The zero-order valence-electron chi connectivity index (χ0n) is 11.6. The van der Waals surface area contributed by atoms with Gasteiger partial charge < -0.3 is 4.74 Å². The monoisotopic (exact) mass is 377 g/mol. The molecule has 0 aliphatic carbocycles. The highest BCUT2D eigenvalue weighted by Gasteiger charge is 2.22. The number of halogens is 3. The van der Waals surface area contributed by atoms with Crippen LogP contribution in [0.25, 0.3) is 0 Å². The minimum Gasteiger partial charge on any atom is -0.465 e. The summed E-state index contributed by atoms with van der Waals surface area (Å²) in [7, 11) is -3.06. The first-order valence-electron chi connectivity index (χ1n) is 6.10. The second-order valence-electron chi connectivity index (χ2n) is 4.37. The Labute approximate surface area is 142 Å². The van der Waals surface area contributed by atoms with Gasteiger partial charge in [0.2, 0.25) is 0 Å². The molecule has 9 heteroatoms. The van der Waals surface area contributed by atoms with Crippen molar-refractivity contribution in [1.29, 1.82) is 0 Å². The van der Waals surface area contributed by atoms with Gasteiger partial charge in [-0.05, 0) is 36.4 Å². The molecule has 0 bridgehead atoms. The summed E-state index contributed by atoms with van der Waals surface area (Å²) in [6.07, 6.45) is 0. The fraction of sp³-hybridized carbons (Fsp3) is 0.0714. The van der Waals surface area contributed by atoms with E-state index in [0.717, 1.165) is 19.2 Å². The average molecular weight is 378 g/mol. The molecule has 122 valence electrons. The first kappa shape index (κ1) is 17.5. The smallest absolute Gasteiger partial charge is 0.337 e. The highest BCUT2D eigenvalue weighted by Crippen LogP contribution is 2.27. The molecule has 0 saturated carbocycles. The average Bonchev–Trinajstić information content (AvgIpc) is 2.49. The molecular weight excluding hydrogens is 368 g/mol. The molecule has 0 heterocycles. The van der Waals surface area contributed by atoms with E-state index in [1.807, 2.05) is 0 Å². The summed E-state index contributed by atoms with van der Waals surface area (Å²) in [5.41, 5.74) is -0.303. The van der Waals surface area contributed by atoms with Crippen LogP contribution in [0.5, 0.6) is 0 Å². The summed E-state index contributed by atoms with van der Waals surface area (Å²) in [5, 5.41) is -0.00399. The van der Waals surface area contributed by atoms with Gasteiger partial charge in [0.05, 0.1) is 23.4 Å². The van der Waals surface area contributed by atoms with Gasteiger partial charge >= 0.3 is 5.97 Å². The van der Waals surface area contributed by atoms with Crippen LogP contribution in [0, 0.1) is 5.82 Å². The minimum absolute atomic E-state index is 0.00569. The van der Waals surface area contributed by atoms with Crippen LogP contribution in [0.2, 0.25) is 10.0 Å². The van der Waals surface area contributed by atoms with Crippen molar-refractivity contribution in [3.8, 4) is 0 Å². The lowest BCUT2D eigenvalue weighted by Crippen LogP contribution is -2.15. The highest BCUT2D eigenvalue weighted by atomic mass is 35.5. The third kappa shape index (κ3) is 3.93. The van der Waals surface area contributed by atoms with Crippen LogP contribution in [0.1, 0.15) is 10.4 Å². The second-order valence-corrected chi connectivity index (χ2v) is 6.86. The van der Waals surface area contributed by atoms with E-state index in [-0.39, 0.29) is 26.2 Å². The summed E-state index contributed by atoms with van der Waals surface area (Å²) < 4.78 is 45.1. The van der Waals surface area contributed by atoms with Gasteiger partial charge in [0.1, 0.15) is 10.7 Å². The van der Waals surface area contributed by atoms with E-state index in [2.05, 4.69) is 9.46 Å². The zero-order chi connectivity index (χ0) is 17.2. The number of esters is 1. The van der Waals surface area contributed by atoms with Crippen molar-refractivity contribution < 1.29 is 22.3 Å². The lowest BCUT2D eigenvalue weighted by molar-refractivity contribution is 0.0600. The maximum atomic E-state index is 13.7. The van der Waals surface area contributed by atoms with Crippen LogP contribution < -0.4 is 4.72 Å². The molecule has 2 aromatic carbocycles.